The summed E-state index contributed by atoms with van der Waals surface area (Å²) in [7, 11) is 1.64. The average molecular weight is 453 g/mol. The highest BCUT2D eigenvalue weighted by atomic mass is 32.1. The summed E-state index contributed by atoms with van der Waals surface area (Å²) >= 11 is 1.08. The zero-order chi connectivity index (χ0) is 23.3. The first-order chi connectivity index (χ1) is 15.5. The van der Waals surface area contributed by atoms with Gasteiger partial charge in [-0.05, 0) is 25.1 Å². The lowest BCUT2D eigenvalue weighted by Crippen LogP contribution is -2.30. The average Bonchev–Trinajstić information content (AvgIpc) is 3.10. The van der Waals surface area contributed by atoms with Crippen LogP contribution in [0.2, 0.25) is 0 Å². The Kier molecular flexibility index (Phi) is 9.79. The molecule has 1 aromatic heterocycles. The number of carbonyl (C=O) groups is 1. The summed E-state index contributed by atoms with van der Waals surface area (Å²) in [6.45, 7) is 6.86. The predicted octanol–water partition coefficient (Wildman–Crippen LogP) is 1.55. The highest BCUT2D eigenvalue weighted by Crippen LogP contribution is 2.14. The molecule has 8 nitrogen and oxygen atoms in total. The minimum Gasteiger partial charge on any atom is -0.457 e. The van der Waals surface area contributed by atoms with Crippen LogP contribution < -0.4 is 25.4 Å². The molecular weight excluding hydrogens is 428 g/mol. The van der Waals surface area contributed by atoms with Gasteiger partial charge < -0.3 is 20.1 Å². The predicted molar refractivity (Wildman–Crippen MR) is 126 cm³/mol. The molecule has 0 bridgehead atoms. The third-order valence-corrected chi connectivity index (χ3v) is 5.03. The number of nitriles is 1. The molecule has 0 aliphatic carbocycles. The van der Waals surface area contributed by atoms with Gasteiger partial charge in [-0.1, -0.05) is 41.5 Å². The number of thiazole rings is 1. The Hall–Kier alpha value is -3.79. The number of hydrogen-bond acceptors (Lipinski definition) is 8. The van der Waals surface area contributed by atoms with Crippen molar-refractivity contribution in [3.05, 3.63) is 68.2 Å². The van der Waals surface area contributed by atoms with E-state index in [0.29, 0.717) is 28.9 Å². The number of nitrogens with zero attached hydrogens (tertiary/aromatic N) is 2. The molecule has 2 rings (SSSR count). The van der Waals surface area contributed by atoms with Crippen LogP contribution in [0.1, 0.15) is 6.92 Å². The molecule has 0 spiro atoms. The SMILES string of the molecule is C=CCOC(=O)C(=C=c1sc(=C=CNc2cccc(NCCOC)c2)c(=O)n1CC)C#N. The van der Waals surface area contributed by atoms with E-state index >= 15 is 0 Å². The number of benzene rings is 1. The van der Waals surface area contributed by atoms with Crippen molar-refractivity contribution >= 4 is 40.1 Å². The summed E-state index contributed by atoms with van der Waals surface area (Å²) in [5.74, 6) is -0.822. The molecule has 0 atom stereocenters. The van der Waals surface area contributed by atoms with Crippen molar-refractivity contribution in [2.24, 2.45) is 0 Å². The lowest BCUT2D eigenvalue weighted by Gasteiger charge is -2.07. The molecule has 0 saturated carbocycles. The lowest BCUT2D eigenvalue weighted by molar-refractivity contribution is -0.137. The second-order valence-corrected chi connectivity index (χ2v) is 7.22. The van der Waals surface area contributed by atoms with Crippen LogP contribution in [0.3, 0.4) is 0 Å². The van der Waals surface area contributed by atoms with Gasteiger partial charge in [0.2, 0.25) is 0 Å². The summed E-state index contributed by atoms with van der Waals surface area (Å²) in [6, 6.07) is 9.40. The Balaban J connectivity index is 2.39. The number of aromatic nitrogens is 1. The Bertz CT molecular complexity index is 1260. The normalized spacial score (nSPS) is 9.66. The molecule has 0 fully saturated rings. The minimum atomic E-state index is -0.822. The van der Waals surface area contributed by atoms with Crippen molar-refractivity contribution in [3.8, 4) is 6.07 Å². The Morgan fingerprint density at radius 1 is 1.38 bits per heavy atom. The summed E-state index contributed by atoms with van der Waals surface area (Å²) in [5.41, 5.74) is 6.76. The van der Waals surface area contributed by atoms with Crippen molar-refractivity contribution in [1.29, 1.82) is 5.26 Å². The van der Waals surface area contributed by atoms with Gasteiger partial charge in [0.25, 0.3) is 5.56 Å². The van der Waals surface area contributed by atoms with Crippen LogP contribution in [0.25, 0.3) is 11.5 Å². The van der Waals surface area contributed by atoms with E-state index in [0.717, 1.165) is 22.7 Å². The number of ether oxygens (including phenoxy) is 2. The molecule has 32 heavy (non-hydrogen) atoms. The largest absolute Gasteiger partial charge is 0.457 e. The molecule has 0 amide bonds. The third-order valence-electron chi connectivity index (χ3n) is 4.02. The molecule has 2 aromatic rings. The molecule has 166 valence electrons. The molecule has 0 aliphatic heterocycles. The Morgan fingerprint density at radius 3 is 2.84 bits per heavy atom. The summed E-state index contributed by atoms with van der Waals surface area (Å²) in [6.07, 6.45) is 2.94. The zero-order valence-corrected chi connectivity index (χ0v) is 18.8. The van der Waals surface area contributed by atoms with Gasteiger partial charge >= 0.3 is 5.97 Å². The fourth-order valence-electron chi connectivity index (χ4n) is 2.52. The van der Waals surface area contributed by atoms with Crippen molar-refractivity contribution < 1.29 is 14.3 Å². The number of methoxy groups -OCH3 is 1. The maximum Gasteiger partial charge on any atom is 0.357 e. The smallest absolute Gasteiger partial charge is 0.357 e. The number of esters is 1. The molecule has 2 N–H and O–H groups in total. The van der Waals surface area contributed by atoms with Crippen LogP contribution in [0.5, 0.6) is 0 Å². The first-order valence-electron chi connectivity index (χ1n) is 9.77. The summed E-state index contributed by atoms with van der Waals surface area (Å²) in [5, 5.41) is 15.6. The first-order valence-corrected chi connectivity index (χ1v) is 10.6. The van der Waals surface area contributed by atoms with Crippen molar-refractivity contribution in [2.75, 3.05) is 37.5 Å². The Labute approximate surface area is 189 Å². The number of hydrogen-bond donors (Lipinski definition) is 2. The van der Waals surface area contributed by atoms with Gasteiger partial charge in [0.1, 0.15) is 21.9 Å². The van der Waals surface area contributed by atoms with E-state index in [1.54, 1.807) is 26.3 Å². The van der Waals surface area contributed by atoms with Gasteiger partial charge in [-0.2, -0.15) is 5.26 Å². The van der Waals surface area contributed by atoms with Gasteiger partial charge in [0, 0.05) is 37.8 Å². The Morgan fingerprint density at radius 2 is 2.16 bits per heavy atom. The van der Waals surface area contributed by atoms with Gasteiger partial charge in [0.05, 0.1) is 6.61 Å². The second-order valence-electron chi connectivity index (χ2n) is 6.22. The molecule has 0 aliphatic rings. The standard InChI is InChI=1S/C23H24N4O4S/c1-4-12-31-23(29)17(16-24)14-21-27(5-2)22(28)20(32-21)9-10-25-18-7-6-8-19(15-18)26-11-13-30-3/h4,6-8,10,15,25-26H,1,5,11-13H2,2-3H3. The maximum atomic E-state index is 12.7. The molecular formula is C23H24N4O4S. The van der Waals surface area contributed by atoms with Crippen LogP contribution >= 0.6 is 11.3 Å². The van der Waals surface area contributed by atoms with Crippen molar-refractivity contribution in [3.63, 3.8) is 0 Å². The number of rotatable bonds is 10. The monoisotopic (exact) mass is 452 g/mol. The van der Waals surface area contributed by atoms with Crippen LogP contribution in [0.15, 0.2) is 53.5 Å². The molecule has 1 heterocycles. The van der Waals surface area contributed by atoms with Gasteiger partial charge in [0.15, 0.2) is 5.57 Å². The van der Waals surface area contributed by atoms with E-state index in [2.05, 4.69) is 28.7 Å². The lowest BCUT2D eigenvalue weighted by atomic mass is 10.3. The van der Waals surface area contributed by atoms with Crippen LogP contribution in [-0.4, -0.2) is 37.4 Å². The van der Waals surface area contributed by atoms with E-state index in [4.69, 9.17) is 9.47 Å². The fraction of sp³-hybridized carbons (Fsp3) is 0.261. The summed E-state index contributed by atoms with van der Waals surface area (Å²) in [4.78, 5) is 24.6. The van der Waals surface area contributed by atoms with Gasteiger partial charge in [-0.25, -0.2) is 4.79 Å². The minimum absolute atomic E-state index is 0.0206. The third kappa shape index (κ3) is 6.88. The van der Waals surface area contributed by atoms with Gasteiger partial charge in [-0.15, -0.1) is 0 Å². The summed E-state index contributed by atoms with van der Waals surface area (Å²) < 4.78 is 12.0. The highest BCUT2D eigenvalue weighted by molar-refractivity contribution is 7.07. The highest BCUT2D eigenvalue weighted by Gasteiger charge is 2.10. The van der Waals surface area contributed by atoms with Crippen LogP contribution in [-0.2, 0) is 20.8 Å². The number of nitrogens with one attached hydrogen (secondary N) is 2. The van der Waals surface area contributed by atoms with E-state index in [9.17, 15) is 14.9 Å². The van der Waals surface area contributed by atoms with E-state index < -0.39 is 5.97 Å². The van der Waals surface area contributed by atoms with E-state index in [1.165, 1.54) is 10.6 Å². The van der Waals surface area contributed by atoms with Crippen molar-refractivity contribution in [1.82, 2.24) is 4.57 Å². The fourth-order valence-corrected chi connectivity index (χ4v) is 3.51. The quantitative estimate of drug-likeness (QED) is 0.185. The van der Waals surface area contributed by atoms with Crippen LogP contribution in [0, 0.1) is 11.3 Å². The molecule has 9 heteroatoms. The van der Waals surface area contributed by atoms with E-state index in [1.807, 2.05) is 24.3 Å². The second kappa shape index (κ2) is 12.8. The maximum absolute atomic E-state index is 12.7. The van der Waals surface area contributed by atoms with E-state index in [-0.39, 0.29) is 17.7 Å². The first kappa shape index (κ1) is 24.5. The molecule has 0 unspecified atom stereocenters. The topological polar surface area (TPSA) is 105 Å². The molecule has 0 radical (unpaired) electrons. The number of anilines is 2. The molecule has 0 saturated heterocycles. The van der Waals surface area contributed by atoms with Gasteiger partial charge in [-0.3, -0.25) is 9.36 Å². The molecule has 1 aromatic carbocycles. The zero-order valence-electron chi connectivity index (χ0n) is 17.9. The number of carbonyl (C=O) groups excluding carboxylic acids is 1. The van der Waals surface area contributed by atoms with Crippen LogP contribution in [0.4, 0.5) is 11.4 Å². The van der Waals surface area contributed by atoms with Crippen molar-refractivity contribution in [2.45, 2.75) is 13.5 Å².